The van der Waals surface area contributed by atoms with Crippen molar-refractivity contribution in [3.8, 4) is 11.4 Å². The van der Waals surface area contributed by atoms with E-state index in [0.717, 1.165) is 0 Å². The Morgan fingerprint density at radius 2 is 1.82 bits per heavy atom. The van der Waals surface area contributed by atoms with Gasteiger partial charge in [-0.1, -0.05) is 35.9 Å². The highest BCUT2D eigenvalue weighted by atomic mass is 35.5. The predicted octanol–water partition coefficient (Wildman–Crippen LogP) is 4.69. The highest BCUT2D eigenvalue weighted by molar-refractivity contribution is 7.92. The number of anilines is 1. The summed E-state index contributed by atoms with van der Waals surface area (Å²) in [4.78, 5) is 17.3. The first-order chi connectivity index (χ1) is 16.3. The molecule has 0 amide bonds. The summed E-state index contributed by atoms with van der Waals surface area (Å²) in [5.74, 6) is 0.246. The van der Waals surface area contributed by atoms with Crippen molar-refractivity contribution in [1.82, 2.24) is 9.78 Å². The molecule has 0 atom stereocenters. The van der Waals surface area contributed by atoms with Crippen molar-refractivity contribution in [2.24, 2.45) is 4.99 Å². The molecule has 0 aliphatic carbocycles. The molecule has 0 fully saturated rings. The van der Waals surface area contributed by atoms with E-state index in [4.69, 9.17) is 16.3 Å². The fourth-order valence-electron chi connectivity index (χ4n) is 3.29. The smallest absolute Gasteiger partial charge is 0.280 e. The molecule has 0 spiro atoms. The summed E-state index contributed by atoms with van der Waals surface area (Å²) in [6.45, 7) is 1.76. The SMILES string of the molecule is COc1cc(S(=O)(=O)Nc2ccccc2)ccc1N=Cc1c(C)[nH]n(-c2cccc(Cl)c2)c1=O. The Labute approximate surface area is 201 Å². The number of aliphatic imine (C=N–C) groups is 1. The van der Waals surface area contributed by atoms with E-state index < -0.39 is 10.0 Å². The van der Waals surface area contributed by atoms with E-state index in [1.807, 2.05) is 0 Å². The number of hydrogen-bond donors (Lipinski definition) is 2. The highest BCUT2D eigenvalue weighted by Gasteiger charge is 2.17. The molecule has 0 unspecified atom stereocenters. The van der Waals surface area contributed by atoms with Crippen LogP contribution in [0.2, 0.25) is 5.02 Å². The van der Waals surface area contributed by atoms with Crippen molar-refractivity contribution in [3.63, 3.8) is 0 Å². The Hall–Kier alpha value is -3.82. The number of nitrogens with one attached hydrogen (secondary N) is 2. The topological polar surface area (TPSA) is 106 Å². The van der Waals surface area contributed by atoms with Crippen LogP contribution in [0.5, 0.6) is 5.75 Å². The summed E-state index contributed by atoms with van der Waals surface area (Å²) in [5, 5.41) is 3.52. The molecule has 1 heterocycles. The maximum atomic E-state index is 12.9. The Bertz CT molecular complexity index is 1530. The standard InChI is InChI=1S/C24H21ClN4O4S/c1-16-21(24(30)29(27-16)19-10-6-7-17(25)13-19)15-26-22-12-11-20(14-23(22)33-2)34(31,32)28-18-8-4-3-5-9-18/h3-15,27-28H,1-2H3. The summed E-state index contributed by atoms with van der Waals surface area (Å²) in [7, 11) is -2.41. The van der Waals surface area contributed by atoms with Crippen LogP contribution in [0.3, 0.4) is 0 Å². The summed E-state index contributed by atoms with van der Waals surface area (Å²) >= 11 is 6.04. The van der Waals surface area contributed by atoms with Crippen molar-refractivity contribution in [2.75, 3.05) is 11.8 Å². The number of para-hydroxylation sites is 1. The van der Waals surface area contributed by atoms with Crippen LogP contribution in [0.1, 0.15) is 11.3 Å². The number of methoxy groups -OCH3 is 1. The van der Waals surface area contributed by atoms with Crippen molar-refractivity contribution >= 4 is 39.2 Å². The van der Waals surface area contributed by atoms with E-state index in [-0.39, 0.29) is 16.2 Å². The van der Waals surface area contributed by atoms with E-state index in [1.54, 1.807) is 61.5 Å². The zero-order valence-corrected chi connectivity index (χ0v) is 19.9. The fourth-order valence-corrected chi connectivity index (χ4v) is 4.55. The van der Waals surface area contributed by atoms with E-state index in [1.165, 1.54) is 36.2 Å². The molecule has 34 heavy (non-hydrogen) atoms. The molecule has 1 aromatic heterocycles. The first-order valence-electron chi connectivity index (χ1n) is 10.2. The molecule has 0 saturated carbocycles. The van der Waals surface area contributed by atoms with Gasteiger partial charge in [0.25, 0.3) is 15.6 Å². The average molecular weight is 497 g/mol. The molecule has 0 aliphatic heterocycles. The minimum Gasteiger partial charge on any atom is -0.494 e. The summed E-state index contributed by atoms with van der Waals surface area (Å²) in [6, 6.07) is 19.8. The Kier molecular flexibility index (Phi) is 6.58. The second-order valence-corrected chi connectivity index (χ2v) is 9.45. The van der Waals surface area contributed by atoms with Crippen LogP contribution in [-0.2, 0) is 10.0 Å². The van der Waals surface area contributed by atoms with Gasteiger partial charge in [0, 0.05) is 28.7 Å². The third-order valence-electron chi connectivity index (χ3n) is 5.00. The number of nitrogens with zero attached hydrogens (tertiary/aromatic N) is 2. The molecule has 10 heteroatoms. The van der Waals surface area contributed by atoms with Crippen LogP contribution in [0.25, 0.3) is 5.69 Å². The van der Waals surface area contributed by atoms with Gasteiger partial charge in [-0.05, 0) is 49.4 Å². The number of rotatable bonds is 7. The molecule has 8 nitrogen and oxygen atoms in total. The predicted molar refractivity (Wildman–Crippen MR) is 134 cm³/mol. The Morgan fingerprint density at radius 3 is 2.53 bits per heavy atom. The molecule has 174 valence electrons. The number of hydrogen-bond acceptors (Lipinski definition) is 5. The first kappa shape index (κ1) is 23.3. The number of H-pyrrole nitrogens is 1. The van der Waals surface area contributed by atoms with Crippen LogP contribution in [-0.4, -0.2) is 31.5 Å². The monoisotopic (exact) mass is 496 g/mol. The van der Waals surface area contributed by atoms with Gasteiger partial charge >= 0.3 is 0 Å². The first-order valence-corrected chi connectivity index (χ1v) is 12.0. The van der Waals surface area contributed by atoms with Gasteiger partial charge in [-0.15, -0.1) is 0 Å². The molecule has 3 aromatic carbocycles. The maximum absolute atomic E-state index is 12.9. The number of ether oxygens (including phenoxy) is 1. The minimum absolute atomic E-state index is 0.0216. The van der Waals surface area contributed by atoms with Crippen molar-refractivity contribution in [1.29, 1.82) is 0 Å². The molecule has 4 aromatic rings. The lowest BCUT2D eigenvalue weighted by Gasteiger charge is -2.10. The molecule has 2 N–H and O–H groups in total. The van der Waals surface area contributed by atoms with Gasteiger partial charge in [0.2, 0.25) is 0 Å². The van der Waals surface area contributed by atoms with Crippen LogP contribution in [0, 0.1) is 6.92 Å². The number of aryl methyl sites for hydroxylation is 1. The normalized spacial score (nSPS) is 11.6. The molecule has 4 rings (SSSR count). The van der Waals surface area contributed by atoms with E-state index in [0.29, 0.717) is 33.3 Å². The molecule has 0 bridgehead atoms. The van der Waals surface area contributed by atoms with Gasteiger partial charge in [0.1, 0.15) is 11.4 Å². The lowest BCUT2D eigenvalue weighted by molar-refractivity contribution is 0.415. The lowest BCUT2D eigenvalue weighted by Crippen LogP contribution is -2.17. The highest BCUT2D eigenvalue weighted by Crippen LogP contribution is 2.31. The van der Waals surface area contributed by atoms with Gasteiger partial charge in [-0.25, -0.2) is 13.1 Å². The molecule has 0 saturated heterocycles. The van der Waals surface area contributed by atoms with Crippen molar-refractivity contribution in [3.05, 3.63) is 99.4 Å². The van der Waals surface area contributed by atoms with E-state index in [2.05, 4.69) is 14.8 Å². The van der Waals surface area contributed by atoms with Gasteiger partial charge in [-0.2, -0.15) is 0 Å². The quantitative estimate of drug-likeness (QED) is 0.362. The number of aromatic nitrogens is 2. The second kappa shape index (κ2) is 9.58. The zero-order valence-electron chi connectivity index (χ0n) is 18.3. The Balaban J connectivity index is 1.64. The number of aromatic amines is 1. The van der Waals surface area contributed by atoms with Gasteiger partial charge < -0.3 is 4.74 Å². The summed E-state index contributed by atoms with van der Waals surface area (Å²) in [6.07, 6.45) is 1.42. The number of benzene rings is 3. The molecule has 0 radical (unpaired) electrons. The van der Waals surface area contributed by atoms with Crippen LogP contribution >= 0.6 is 11.6 Å². The van der Waals surface area contributed by atoms with Gasteiger partial charge in [-0.3, -0.25) is 19.6 Å². The average Bonchev–Trinajstić information content (AvgIpc) is 3.11. The van der Waals surface area contributed by atoms with Crippen molar-refractivity contribution in [2.45, 2.75) is 11.8 Å². The maximum Gasteiger partial charge on any atom is 0.280 e. The van der Waals surface area contributed by atoms with E-state index >= 15 is 0 Å². The van der Waals surface area contributed by atoms with Crippen LogP contribution in [0.15, 0.2) is 87.5 Å². The number of halogens is 1. The molecular weight excluding hydrogens is 476 g/mol. The molecule has 0 aliphatic rings. The third kappa shape index (κ3) is 4.90. The van der Waals surface area contributed by atoms with Crippen LogP contribution in [0.4, 0.5) is 11.4 Å². The summed E-state index contributed by atoms with van der Waals surface area (Å²) < 4.78 is 34.8. The fraction of sp³-hybridized carbons (Fsp3) is 0.0833. The third-order valence-corrected chi connectivity index (χ3v) is 6.62. The van der Waals surface area contributed by atoms with Crippen LogP contribution < -0.4 is 15.0 Å². The minimum atomic E-state index is -3.83. The Morgan fingerprint density at radius 1 is 1.06 bits per heavy atom. The molecular formula is C24H21ClN4O4S. The lowest BCUT2D eigenvalue weighted by atomic mass is 10.2. The number of sulfonamides is 1. The van der Waals surface area contributed by atoms with Crippen molar-refractivity contribution < 1.29 is 13.2 Å². The second-order valence-electron chi connectivity index (χ2n) is 7.33. The summed E-state index contributed by atoms with van der Waals surface area (Å²) in [5.41, 5.74) is 2.08. The van der Waals surface area contributed by atoms with Gasteiger partial charge in [0.05, 0.1) is 23.3 Å². The zero-order chi connectivity index (χ0) is 24.3. The van der Waals surface area contributed by atoms with E-state index in [9.17, 15) is 13.2 Å². The van der Waals surface area contributed by atoms with Gasteiger partial charge in [0.15, 0.2) is 0 Å². The largest absolute Gasteiger partial charge is 0.494 e.